The maximum atomic E-state index is 12.7. The van der Waals surface area contributed by atoms with Crippen LogP contribution in [0.25, 0.3) is 0 Å². The molecule has 2 aliphatic rings. The van der Waals surface area contributed by atoms with E-state index in [9.17, 15) is 19.2 Å². The van der Waals surface area contributed by atoms with Crippen LogP contribution in [0.1, 0.15) is 31.2 Å². The first-order chi connectivity index (χ1) is 13.4. The highest BCUT2D eigenvalue weighted by atomic mass is 16.5. The van der Waals surface area contributed by atoms with Gasteiger partial charge in [-0.15, -0.1) is 0 Å². The summed E-state index contributed by atoms with van der Waals surface area (Å²) in [4.78, 5) is 49.0. The summed E-state index contributed by atoms with van der Waals surface area (Å²) in [6.07, 6.45) is -0.718. The van der Waals surface area contributed by atoms with Crippen molar-refractivity contribution in [2.45, 2.75) is 50.4 Å². The van der Waals surface area contributed by atoms with Gasteiger partial charge in [-0.3, -0.25) is 9.59 Å². The molecule has 0 aromatic heterocycles. The number of nitrogens with zero attached hydrogens (tertiary/aromatic N) is 1. The van der Waals surface area contributed by atoms with Crippen LogP contribution in [0.3, 0.4) is 0 Å². The van der Waals surface area contributed by atoms with Crippen molar-refractivity contribution in [2.24, 2.45) is 0 Å². The highest BCUT2D eigenvalue weighted by Gasteiger charge is 2.42. The summed E-state index contributed by atoms with van der Waals surface area (Å²) in [7, 11) is 0. The molecule has 150 valence electrons. The summed E-state index contributed by atoms with van der Waals surface area (Å²) in [5, 5.41) is 13.9. The van der Waals surface area contributed by atoms with Gasteiger partial charge in [0.05, 0.1) is 12.1 Å². The summed E-state index contributed by atoms with van der Waals surface area (Å²) in [6, 6.07) is 7.45. The Morgan fingerprint density at radius 2 is 1.89 bits per heavy atom. The molecule has 2 fully saturated rings. The summed E-state index contributed by atoms with van der Waals surface area (Å²) in [5.41, 5.74) is 0.839. The Labute approximate surface area is 162 Å². The number of carbonyl (C=O) groups is 4. The summed E-state index contributed by atoms with van der Waals surface area (Å²) < 4.78 is 5.15. The molecule has 0 unspecified atom stereocenters. The minimum atomic E-state index is -1.23. The zero-order chi connectivity index (χ0) is 20.1. The fourth-order valence-corrected chi connectivity index (χ4v) is 3.74. The fraction of sp³-hybridized carbons (Fsp3) is 0.474. The number of alkyl carbamates (subject to hydrolysis) is 1. The van der Waals surface area contributed by atoms with Crippen LogP contribution < -0.4 is 10.6 Å². The average Bonchev–Trinajstić information content (AvgIpc) is 3.01. The number of benzene rings is 1. The van der Waals surface area contributed by atoms with Crippen molar-refractivity contribution < 1.29 is 29.0 Å². The van der Waals surface area contributed by atoms with Gasteiger partial charge in [-0.25, -0.2) is 9.59 Å². The van der Waals surface area contributed by atoms with Gasteiger partial charge >= 0.3 is 12.2 Å². The van der Waals surface area contributed by atoms with Gasteiger partial charge < -0.3 is 25.4 Å². The number of amides is 3. The molecule has 28 heavy (non-hydrogen) atoms. The van der Waals surface area contributed by atoms with E-state index >= 15 is 0 Å². The molecule has 1 saturated heterocycles. The molecular formula is C19H23N3O6. The Kier molecular flexibility index (Phi) is 6.13. The molecule has 1 aromatic rings. The lowest BCUT2D eigenvalue weighted by Gasteiger charge is -2.37. The number of Topliss-reactive ketones (excluding diaryl/α,β-unsaturated/α-hetero) is 1. The highest BCUT2D eigenvalue weighted by molar-refractivity contribution is 5.88. The van der Waals surface area contributed by atoms with Crippen LogP contribution in [-0.2, 0) is 20.9 Å². The lowest BCUT2D eigenvalue weighted by atomic mass is 9.88. The number of hydrogen-bond acceptors (Lipinski definition) is 5. The third-order valence-corrected chi connectivity index (χ3v) is 5.08. The molecule has 0 spiro atoms. The molecule has 0 radical (unpaired) electrons. The molecule has 3 atom stereocenters. The van der Waals surface area contributed by atoms with E-state index in [1.54, 1.807) is 4.90 Å². The largest absolute Gasteiger partial charge is 0.465 e. The van der Waals surface area contributed by atoms with Crippen molar-refractivity contribution in [3.63, 3.8) is 0 Å². The van der Waals surface area contributed by atoms with Crippen molar-refractivity contribution >= 4 is 23.9 Å². The number of rotatable bonds is 5. The van der Waals surface area contributed by atoms with Gasteiger partial charge in [-0.05, 0) is 18.4 Å². The lowest BCUT2D eigenvalue weighted by molar-refractivity contribution is -0.134. The Morgan fingerprint density at radius 1 is 1.14 bits per heavy atom. The van der Waals surface area contributed by atoms with E-state index in [1.165, 1.54) is 0 Å². The summed E-state index contributed by atoms with van der Waals surface area (Å²) in [5.74, 6) is -0.311. The van der Waals surface area contributed by atoms with E-state index in [0.717, 1.165) is 5.56 Å². The van der Waals surface area contributed by atoms with E-state index in [2.05, 4.69) is 10.6 Å². The number of hydrogen-bond donors (Lipinski definition) is 3. The standard InChI is InChI=1S/C19H23N3O6/c23-13-6-7-16(15(10-13)20-18(25)26)22-9-8-14(17(22)24)21-19(27)28-11-12-4-2-1-3-5-12/h1-5,14-16,20H,6-11H2,(H,21,27)(H,25,26)/t14-,15+,16-/m0/s1. The second-order valence-corrected chi connectivity index (χ2v) is 6.98. The first kappa shape index (κ1) is 19.7. The second kappa shape index (κ2) is 8.73. The second-order valence-electron chi connectivity index (χ2n) is 6.98. The Hall–Kier alpha value is -3.10. The van der Waals surface area contributed by atoms with Gasteiger partial charge in [0.1, 0.15) is 18.4 Å². The summed E-state index contributed by atoms with van der Waals surface area (Å²) in [6.45, 7) is 0.492. The number of likely N-dealkylation sites (tertiary alicyclic amines) is 1. The van der Waals surface area contributed by atoms with Gasteiger partial charge in [0.25, 0.3) is 0 Å². The van der Waals surface area contributed by atoms with Crippen LogP contribution >= 0.6 is 0 Å². The smallest absolute Gasteiger partial charge is 0.408 e. The molecule has 1 saturated carbocycles. The van der Waals surface area contributed by atoms with Crippen LogP contribution in [0.5, 0.6) is 0 Å². The number of carboxylic acid groups (broad SMARTS) is 1. The monoisotopic (exact) mass is 389 g/mol. The van der Waals surface area contributed by atoms with Crippen molar-refractivity contribution in [1.82, 2.24) is 15.5 Å². The lowest BCUT2D eigenvalue weighted by Crippen LogP contribution is -2.56. The fourth-order valence-electron chi connectivity index (χ4n) is 3.74. The molecule has 3 N–H and O–H groups in total. The predicted octanol–water partition coefficient (Wildman–Crippen LogP) is 1.27. The molecule has 3 amide bonds. The third kappa shape index (κ3) is 4.79. The van der Waals surface area contributed by atoms with Crippen molar-refractivity contribution in [1.29, 1.82) is 0 Å². The van der Waals surface area contributed by atoms with Crippen molar-refractivity contribution in [3.05, 3.63) is 35.9 Å². The summed E-state index contributed by atoms with van der Waals surface area (Å²) >= 11 is 0. The predicted molar refractivity (Wildman–Crippen MR) is 97.5 cm³/mol. The quantitative estimate of drug-likeness (QED) is 0.696. The van der Waals surface area contributed by atoms with Gasteiger partial charge in [-0.2, -0.15) is 0 Å². The van der Waals surface area contributed by atoms with Crippen LogP contribution in [0.4, 0.5) is 9.59 Å². The zero-order valence-corrected chi connectivity index (χ0v) is 15.3. The van der Waals surface area contributed by atoms with Gasteiger partial charge in [0.15, 0.2) is 0 Å². The van der Waals surface area contributed by atoms with E-state index < -0.39 is 30.3 Å². The minimum absolute atomic E-state index is 0.0270. The Morgan fingerprint density at radius 3 is 2.61 bits per heavy atom. The zero-order valence-electron chi connectivity index (χ0n) is 15.3. The van der Waals surface area contributed by atoms with Crippen LogP contribution in [0.15, 0.2) is 30.3 Å². The molecule has 3 rings (SSSR count). The first-order valence-electron chi connectivity index (χ1n) is 9.23. The SMILES string of the molecule is O=C1CC[C@H](N2CC[C@H](NC(=O)OCc3ccccc3)C2=O)[C@H](NC(=O)O)C1. The Balaban J connectivity index is 1.55. The van der Waals surface area contributed by atoms with Crippen molar-refractivity contribution in [3.8, 4) is 0 Å². The molecule has 1 aliphatic carbocycles. The molecule has 1 heterocycles. The van der Waals surface area contributed by atoms with Crippen LogP contribution in [-0.4, -0.2) is 58.6 Å². The van der Waals surface area contributed by atoms with Gasteiger partial charge in [0.2, 0.25) is 5.91 Å². The molecule has 9 heteroatoms. The number of nitrogens with one attached hydrogen (secondary N) is 2. The van der Waals surface area contributed by atoms with Gasteiger partial charge in [0, 0.05) is 19.4 Å². The van der Waals surface area contributed by atoms with Crippen LogP contribution in [0.2, 0.25) is 0 Å². The maximum Gasteiger partial charge on any atom is 0.408 e. The van der Waals surface area contributed by atoms with E-state index in [1.807, 2.05) is 30.3 Å². The Bertz CT molecular complexity index is 751. The number of carbonyl (C=O) groups excluding carboxylic acids is 3. The van der Waals surface area contributed by atoms with E-state index in [4.69, 9.17) is 9.84 Å². The molecule has 9 nitrogen and oxygen atoms in total. The van der Waals surface area contributed by atoms with E-state index in [-0.39, 0.29) is 24.7 Å². The third-order valence-electron chi connectivity index (χ3n) is 5.08. The first-order valence-corrected chi connectivity index (χ1v) is 9.23. The normalized spacial score (nSPS) is 24.7. The molecule has 1 aliphatic heterocycles. The minimum Gasteiger partial charge on any atom is -0.465 e. The van der Waals surface area contributed by atoms with Crippen LogP contribution in [0, 0.1) is 0 Å². The average molecular weight is 389 g/mol. The van der Waals surface area contributed by atoms with Crippen molar-refractivity contribution in [2.75, 3.05) is 6.54 Å². The molecule has 0 bridgehead atoms. The molecular weight excluding hydrogens is 366 g/mol. The number of ether oxygens (including phenoxy) is 1. The topological polar surface area (TPSA) is 125 Å². The highest BCUT2D eigenvalue weighted by Crippen LogP contribution is 2.26. The molecule has 1 aromatic carbocycles. The number of ketones is 1. The maximum absolute atomic E-state index is 12.7. The van der Waals surface area contributed by atoms with Gasteiger partial charge in [-0.1, -0.05) is 30.3 Å². The van der Waals surface area contributed by atoms with E-state index in [0.29, 0.717) is 25.8 Å².